The van der Waals surface area contributed by atoms with Crippen LogP contribution in [0.1, 0.15) is 32.3 Å². The van der Waals surface area contributed by atoms with Crippen LogP contribution >= 0.6 is 0 Å². The van der Waals surface area contributed by atoms with Crippen LogP contribution in [0.3, 0.4) is 0 Å². The van der Waals surface area contributed by atoms with Gasteiger partial charge < -0.3 is 8.85 Å². The van der Waals surface area contributed by atoms with Gasteiger partial charge in [-0.05, 0) is 10.8 Å². The molecule has 0 saturated carbocycles. The van der Waals surface area contributed by atoms with Crippen molar-refractivity contribution in [2.45, 2.75) is 31.7 Å². The minimum atomic E-state index is -2.44. The second-order valence-corrected chi connectivity index (χ2v) is 10.9. The fourth-order valence-electron chi connectivity index (χ4n) is 3.13. The Morgan fingerprint density at radius 2 is 1.32 bits per heavy atom. The van der Waals surface area contributed by atoms with Gasteiger partial charge in [-0.2, -0.15) is 0 Å². The van der Waals surface area contributed by atoms with Crippen LogP contribution in [-0.4, -0.2) is 21.8 Å². The summed E-state index contributed by atoms with van der Waals surface area (Å²) in [5.74, 6) is 0.327. The second-order valence-electron chi connectivity index (χ2n) is 6.96. The lowest BCUT2D eigenvalue weighted by atomic mass is 10.0. The Kier molecular flexibility index (Phi) is 4.21. The molecule has 0 spiro atoms. The average molecular weight is 312 g/mol. The smallest absolute Gasteiger partial charge is 0.378 e. The largest absolute Gasteiger partial charge is 0.390 e. The number of hydrogen-bond acceptors (Lipinski definition) is 2. The molecule has 0 unspecified atom stereocenters. The van der Waals surface area contributed by atoms with Gasteiger partial charge in [-0.3, -0.25) is 0 Å². The normalized spacial score (nSPS) is 25.9. The third-order valence-corrected chi connectivity index (χ3v) is 8.60. The van der Waals surface area contributed by atoms with Crippen molar-refractivity contribution >= 4 is 13.7 Å². The Morgan fingerprint density at radius 1 is 0.818 bits per heavy atom. The minimum absolute atomic E-state index is 0.00396. The Balaban J connectivity index is 1.87. The molecule has 0 amide bonds. The molecule has 1 fully saturated rings. The summed E-state index contributed by atoms with van der Waals surface area (Å²) in [6.07, 6.45) is 0. The fourth-order valence-corrected chi connectivity index (χ4v) is 6.79. The maximum Gasteiger partial charge on any atom is 0.378 e. The summed E-state index contributed by atoms with van der Waals surface area (Å²) in [7, 11) is -2.44. The highest BCUT2D eigenvalue weighted by atomic mass is 28.4. The summed E-state index contributed by atoms with van der Waals surface area (Å²) in [5.41, 5.74) is 1.30. The van der Waals surface area contributed by atoms with Crippen LogP contribution in [-0.2, 0) is 8.85 Å². The molecule has 0 atom stereocenters. The molecule has 116 valence electrons. The maximum atomic E-state index is 6.50. The van der Waals surface area contributed by atoms with E-state index < -0.39 is 8.56 Å². The molecule has 2 aromatic rings. The minimum Gasteiger partial charge on any atom is -0.390 e. The molecule has 0 bridgehead atoms. The summed E-state index contributed by atoms with van der Waals surface area (Å²) in [6, 6.07) is 21.0. The van der Waals surface area contributed by atoms with E-state index in [1.165, 1.54) is 10.8 Å². The van der Waals surface area contributed by atoms with Gasteiger partial charge in [0.25, 0.3) is 0 Å². The topological polar surface area (TPSA) is 18.5 Å². The molecule has 1 heterocycles. The van der Waals surface area contributed by atoms with E-state index in [2.05, 4.69) is 69.3 Å². The molecule has 1 aliphatic heterocycles. The number of hydrogen-bond donors (Lipinski definition) is 0. The molecule has 0 N–H and O–H groups in total. The van der Waals surface area contributed by atoms with Crippen molar-refractivity contribution < 1.29 is 8.85 Å². The number of benzene rings is 2. The van der Waals surface area contributed by atoms with Gasteiger partial charge in [0.15, 0.2) is 0 Å². The second kappa shape index (κ2) is 5.99. The molecule has 1 saturated heterocycles. The predicted molar refractivity (Wildman–Crippen MR) is 92.6 cm³/mol. The van der Waals surface area contributed by atoms with Crippen molar-refractivity contribution in [3.63, 3.8) is 0 Å². The van der Waals surface area contributed by atoms with Gasteiger partial charge >= 0.3 is 8.56 Å². The van der Waals surface area contributed by atoms with Crippen LogP contribution in [0.2, 0.25) is 5.04 Å². The van der Waals surface area contributed by atoms with Crippen LogP contribution < -0.4 is 5.19 Å². The highest BCUT2D eigenvalue weighted by Gasteiger charge is 2.53. The zero-order valence-corrected chi connectivity index (χ0v) is 14.6. The van der Waals surface area contributed by atoms with Crippen LogP contribution in [0.4, 0.5) is 0 Å². The van der Waals surface area contributed by atoms with Gasteiger partial charge in [0.2, 0.25) is 0 Å². The molecule has 0 aromatic heterocycles. The monoisotopic (exact) mass is 312 g/mol. The van der Waals surface area contributed by atoms with Crippen LogP contribution in [0, 0.1) is 0 Å². The van der Waals surface area contributed by atoms with Crippen molar-refractivity contribution in [2.75, 3.05) is 13.2 Å². The van der Waals surface area contributed by atoms with Crippen molar-refractivity contribution in [3.05, 3.63) is 66.2 Å². The SMILES string of the molecule is CC(C)(C)[Si]1(c2ccccc2)OCC(c2ccccc2)CO1. The van der Waals surface area contributed by atoms with Crippen molar-refractivity contribution in [3.8, 4) is 0 Å². The van der Waals surface area contributed by atoms with Gasteiger partial charge in [-0.15, -0.1) is 0 Å². The van der Waals surface area contributed by atoms with E-state index in [1.54, 1.807) is 0 Å². The van der Waals surface area contributed by atoms with Crippen LogP contribution in [0.25, 0.3) is 0 Å². The quantitative estimate of drug-likeness (QED) is 0.781. The average Bonchev–Trinajstić information content (AvgIpc) is 2.55. The standard InChI is InChI=1S/C19H24O2Si/c1-19(2,3)22(18-12-8-5-9-13-18)20-14-17(15-21-22)16-10-6-4-7-11-16/h4-13,17H,14-15H2,1-3H3. The number of rotatable bonds is 2. The highest BCUT2D eigenvalue weighted by molar-refractivity contribution is 6.83. The molecule has 0 aliphatic carbocycles. The summed E-state index contributed by atoms with van der Waals surface area (Å²) < 4.78 is 13.0. The van der Waals surface area contributed by atoms with E-state index in [4.69, 9.17) is 8.85 Å². The fraction of sp³-hybridized carbons (Fsp3) is 0.368. The van der Waals surface area contributed by atoms with E-state index in [9.17, 15) is 0 Å². The predicted octanol–water partition coefficient (Wildman–Crippen LogP) is 3.97. The first-order chi connectivity index (χ1) is 10.5. The molecule has 2 nitrogen and oxygen atoms in total. The lowest BCUT2D eigenvalue weighted by Crippen LogP contribution is -2.63. The van der Waals surface area contributed by atoms with Gasteiger partial charge in [-0.25, -0.2) is 0 Å². The van der Waals surface area contributed by atoms with Gasteiger partial charge in [0.05, 0.1) is 0 Å². The van der Waals surface area contributed by atoms with Crippen molar-refractivity contribution in [1.29, 1.82) is 0 Å². The van der Waals surface area contributed by atoms with E-state index in [0.717, 1.165) is 13.2 Å². The first-order valence-corrected chi connectivity index (χ1v) is 9.73. The summed E-state index contributed by atoms with van der Waals surface area (Å²) in [4.78, 5) is 0. The first-order valence-electron chi connectivity index (χ1n) is 7.91. The third-order valence-electron chi connectivity index (χ3n) is 4.39. The lowest BCUT2D eigenvalue weighted by Gasteiger charge is -2.45. The summed E-state index contributed by atoms with van der Waals surface area (Å²) in [6.45, 7) is 8.17. The van der Waals surface area contributed by atoms with Crippen LogP contribution in [0.5, 0.6) is 0 Å². The summed E-state index contributed by atoms with van der Waals surface area (Å²) >= 11 is 0. The zero-order valence-electron chi connectivity index (χ0n) is 13.6. The van der Waals surface area contributed by atoms with Crippen LogP contribution in [0.15, 0.2) is 60.7 Å². The Bertz CT molecular complexity index is 596. The van der Waals surface area contributed by atoms with E-state index in [-0.39, 0.29) is 5.04 Å². The van der Waals surface area contributed by atoms with E-state index in [1.807, 2.05) is 12.1 Å². The first kappa shape index (κ1) is 15.5. The molecule has 2 aromatic carbocycles. The van der Waals surface area contributed by atoms with Crippen molar-refractivity contribution in [2.24, 2.45) is 0 Å². The summed E-state index contributed by atoms with van der Waals surface area (Å²) in [5, 5.41) is 1.23. The lowest BCUT2D eigenvalue weighted by molar-refractivity contribution is 0.0839. The molecule has 1 aliphatic rings. The highest BCUT2D eigenvalue weighted by Crippen LogP contribution is 2.41. The van der Waals surface area contributed by atoms with Gasteiger partial charge in [0, 0.05) is 24.2 Å². The molecule has 3 rings (SSSR count). The molecular formula is C19H24O2Si. The third kappa shape index (κ3) is 2.76. The van der Waals surface area contributed by atoms with Gasteiger partial charge in [-0.1, -0.05) is 81.4 Å². The van der Waals surface area contributed by atoms with Gasteiger partial charge in [0.1, 0.15) is 0 Å². The zero-order chi connectivity index (χ0) is 15.6. The van der Waals surface area contributed by atoms with E-state index >= 15 is 0 Å². The Morgan fingerprint density at radius 3 is 1.82 bits per heavy atom. The molecule has 0 radical (unpaired) electrons. The molecule has 3 heteroatoms. The molecular weight excluding hydrogens is 288 g/mol. The Labute approximate surface area is 134 Å². The van der Waals surface area contributed by atoms with Crippen molar-refractivity contribution in [1.82, 2.24) is 0 Å². The van der Waals surface area contributed by atoms with E-state index in [0.29, 0.717) is 5.92 Å². The Hall–Kier alpha value is -1.42. The molecule has 22 heavy (non-hydrogen) atoms. The maximum absolute atomic E-state index is 6.50.